The van der Waals surface area contributed by atoms with Gasteiger partial charge in [0.2, 0.25) is 0 Å². The summed E-state index contributed by atoms with van der Waals surface area (Å²) in [5.41, 5.74) is 0. The standard InChI is InChI=1S/C5H12O4/c6-1-2-9-5(3-7)4-8/h5-8H,1-4H2. The summed E-state index contributed by atoms with van der Waals surface area (Å²) >= 11 is 0. The minimum absolute atomic E-state index is 0.0868. The first-order chi connectivity index (χ1) is 4.35. The van der Waals surface area contributed by atoms with E-state index in [1.807, 2.05) is 0 Å². The Morgan fingerprint density at radius 1 is 1.11 bits per heavy atom. The van der Waals surface area contributed by atoms with Crippen molar-refractivity contribution >= 4 is 0 Å². The first kappa shape index (κ1) is 8.84. The average Bonchev–Trinajstić information content (AvgIpc) is 1.91. The Morgan fingerprint density at radius 3 is 2.00 bits per heavy atom. The van der Waals surface area contributed by atoms with Gasteiger partial charge < -0.3 is 20.1 Å². The summed E-state index contributed by atoms with van der Waals surface area (Å²) in [6.45, 7) is -0.352. The third-order valence-corrected chi connectivity index (χ3v) is 0.852. The van der Waals surface area contributed by atoms with E-state index in [4.69, 9.17) is 20.1 Å². The lowest BCUT2D eigenvalue weighted by Crippen LogP contribution is -2.23. The van der Waals surface area contributed by atoms with Crippen LogP contribution in [0.15, 0.2) is 0 Å². The Bertz CT molecular complexity index is 52.9. The van der Waals surface area contributed by atoms with Crippen LogP contribution in [0.4, 0.5) is 0 Å². The van der Waals surface area contributed by atoms with Crippen molar-refractivity contribution in [3.8, 4) is 0 Å². The molecule has 4 heteroatoms. The first-order valence-electron chi connectivity index (χ1n) is 2.79. The van der Waals surface area contributed by atoms with Crippen LogP contribution in [0.25, 0.3) is 0 Å². The van der Waals surface area contributed by atoms with E-state index in [1.165, 1.54) is 0 Å². The van der Waals surface area contributed by atoms with Crippen LogP contribution in [0.5, 0.6) is 0 Å². The molecule has 4 nitrogen and oxygen atoms in total. The van der Waals surface area contributed by atoms with Crippen molar-refractivity contribution in [3.63, 3.8) is 0 Å². The molecule has 0 radical (unpaired) electrons. The van der Waals surface area contributed by atoms with E-state index >= 15 is 0 Å². The van der Waals surface area contributed by atoms with Gasteiger partial charge in [0, 0.05) is 0 Å². The summed E-state index contributed by atoms with van der Waals surface area (Å²) in [7, 11) is 0. The monoisotopic (exact) mass is 136 g/mol. The third kappa shape index (κ3) is 4.35. The largest absolute Gasteiger partial charge is 0.394 e. The minimum Gasteiger partial charge on any atom is -0.394 e. The molecular weight excluding hydrogens is 124 g/mol. The Morgan fingerprint density at radius 2 is 1.67 bits per heavy atom. The Hall–Kier alpha value is -0.160. The molecular formula is C5H12O4. The second-order valence-electron chi connectivity index (χ2n) is 1.58. The van der Waals surface area contributed by atoms with Gasteiger partial charge in [-0.2, -0.15) is 0 Å². The van der Waals surface area contributed by atoms with Crippen molar-refractivity contribution in [1.82, 2.24) is 0 Å². The second-order valence-corrected chi connectivity index (χ2v) is 1.58. The highest BCUT2D eigenvalue weighted by molar-refractivity contribution is 4.50. The topological polar surface area (TPSA) is 69.9 Å². The number of hydrogen-bond donors (Lipinski definition) is 3. The molecule has 0 fully saturated rings. The van der Waals surface area contributed by atoms with Crippen molar-refractivity contribution in [2.24, 2.45) is 0 Å². The third-order valence-electron chi connectivity index (χ3n) is 0.852. The molecule has 0 aliphatic rings. The zero-order chi connectivity index (χ0) is 7.11. The van der Waals surface area contributed by atoms with Gasteiger partial charge in [0.05, 0.1) is 26.4 Å². The van der Waals surface area contributed by atoms with Crippen LogP contribution in [0.3, 0.4) is 0 Å². The summed E-state index contributed by atoms with van der Waals surface area (Å²) in [6, 6.07) is 0. The molecule has 3 N–H and O–H groups in total. The molecule has 0 bridgehead atoms. The Labute approximate surface area is 53.7 Å². The van der Waals surface area contributed by atoms with Crippen LogP contribution in [-0.2, 0) is 4.74 Å². The molecule has 0 rings (SSSR count). The summed E-state index contributed by atoms with van der Waals surface area (Å²) in [6.07, 6.45) is -0.544. The minimum atomic E-state index is -0.544. The Kier molecular flexibility index (Phi) is 5.86. The van der Waals surface area contributed by atoms with Crippen molar-refractivity contribution < 1.29 is 20.1 Å². The highest BCUT2D eigenvalue weighted by atomic mass is 16.5. The average molecular weight is 136 g/mol. The molecule has 0 aromatic carbocycles. The zero-order valence-corrected chi connectivity index (χ0v) is 5.16. The van der Waals surface area contributed by atoms with E-state index in [9.17, 15) is 0 Å². The first-order valence-corrected chi connectivity index (χ1v) is 2.79. The van der Waals surface area contributed by atoms with Crippen molar-refractivity contribution in [3.05, 3.63) is 0 Å². The van der Waals surface area contributed by atoms with Gasteiger partial charge >= 0.3 is 0 Å². The quantitative estimate of drug-likeness (QED) is 0.423. The maximum absolute atomic E-state index is 8.39. The van der Waals surface area contributed by atoms with E-state index in [2.05, 4.69) is 0 Å². The summed E-state index contributed by atoms with van der Waals surface area (Å²) < 4.78 is 4.74. The lowest BCUT2D eigenvalue weighted by molar-refractivity contribution is -0.0312. The van der Waals surface area contributed by atoms with Gasteiger partial charge in [-0.05, 0) is 0 Å². The summed E-state index contributed by atoms with van der Waals surface area (Å²) in [4.78, 5) is 0. The molecule has 0 aliphatic heterocycles. The predicted octanol–water partition coefficient (Wildman–Crippen LogP) is -1.65. The number of ether oxygens (including phenoxy) is 1. The van der Waals surface area contributed by atoms with Gasteiger partial charge in [0.15, 0.2) is 0 Å². The smallest absolute Gasteiger partial charge is 0.104 e. The fraction of sp³-hybridized carbons (Fsp3) is 1.00. The van der Waals surface area contributed by atoms with Crippen LogP contribution < -0.4 is 0 Å². The number of hydrogen-bond acceptors (Lipinski definition) is 4. The molecule has 0 unspecified atom stereocenters. The van der Waals surface area contributed by atoms with Crippen LogP contribution in [0, 0.1) is 0 Å². The van der Waals surface area contributed by atoms with E-state index in [0.29, 0.717) is 0 Å². The summed E-state index contributed by atoms with van der Waals surface area (Å²) in [5, 5.41) is 25.0. The van der Waals surface area contributed by atoms with Crippen LogP contribution >= 0.6 is 0 Å². The highest BCUT2D eigenvalue weighted by Gasteiger charge is 2.03. The van der Waals surface area contributed by atoms with E-state index < -0.39 is 6.10 Å². The van der Waals surface area contributed by atoms with E-state index in [0.717, 1.165) is 0 Å². The van der Waals surface area contributed by atoms with Crippen LogP contribution in [-0.4, -0.2) is 47.9 Å². The molecule has 9 heavy (non-hydrogen) atoms. The SMILES string of the molecule is OCCOC(CO)CO. The predicted molar refractivity (Wildman–Crippen MR) is 31.0 cm³/mol. The zero-order valence-electron chi connectivity index (χ0n) is 5.16. The molecule has 0 spiro atoms. The normalized spacial score (nSPS) is 10.7. The van der Waals surface area contributed by atoms with Gasteiger partial charge in [-0.25, -0.2) is 0 Å². The van der Waals surface area contributed by atoms with Crippen molar-refractivity contribution in [2.75, 3.05) is 26.4 Å². The lowest BCUT2D eigenvalue weighted by Gasteiger charge is -2.09. The fourth-order valence-corrected chi connectivity index (χ4v) is 0.383. The fourth-order valence-electron chi connectivity index (χ4n) is 0.383. The molecule has 0 aromatic rings. The second kappa shape index (κ2) is 5.97. The number of rotatable bonds is 5. The lowest BCUT2D eigenvalue weighted by atomic mass is 10.4. The van der Waals surface area contributed by atoms with E-state index in [1.54, 1.807) is 0 Å². The summed E-state index contributed by atoms with van der Waals surface area (Å²) in [5.74, 6) is 0. The maximum atomic E-state index is 8.39. The molecule has 0 heterocycles. The molecule has 56 valence electrons. The van der Waals surface area contributed by atoms with Gasteiger partial charge in [-0.15, -0.1) is 0 Å². The molecule has 0 saturated heterocycles. The molecule has 0 saturated carbocycles. The molecule has 0 aliphatic carbocycles. The highest BCUT2D eigenvalue weighted by Crippen LogP contribution is 1.86. The number of aliphatic hydroxyl groups excluding tert-OH is 3. The number of aliphatic hydroxyl groups is 3. The maximum Gasteiger partial charge on any atom is 0.104 e. The Balaban J connectivity index is 3.09. The molecule has 0 aromatic heterocycles. The van der Waals surface area contributed by atoms with Crippen molar-refractivity contribution in [1.29, 1.82) is 0 Å². The molecule has 0 amide bonds. The van der Waals surface area contributed by atoms with E-state index in [-0.39, 0.29) is 26.4 Å². The van der Waals surface area contributed by atoms with Crippen molar-refractivity contribution in [2.45, 2.75) is 6.10 Å². The van der Waals surface area contributed by atoms with Gasteiger partial charge in [-0.1, -0.05) is 0 Å². The van der Waals surface area contributed by atoms with Crippen LogP contribution in [0.1, 0.15) is 0 Å². The van der Waals surface area contributed by atoms with Gasteiger partial charge in [0.1, 0.15) is 6.10 Å². The van der Waals surface area contributed by atoms with Gasteiger partial charge in [-0.3, -0.25) is 0 Å². The van der Waals surface area contributed by atoms with Crippen LogP contribution in [0.2, 0.25) is 0 Å². The van der Waals surface area contributed by atoms with Gasteiger partial charge in [0.25, 0.3) is 0 Å². The molecule has 0 atom stereocenters.